The van der Waals surface area contributed by atoms with Crippen LogP contribution in [0.5, 0.6) is 0 Å². The number of nitrogens with one attached hydrogen (secondary N) is 2. The second-order valence-corrected chi connectivity index (χ2v) is 8.23. The van der Waals surface area contributed by atoms with Crippen molar-refractivity contribution in [1.82, 2.24) is 14.8 Å². The highest BCUT2D eigenvalue weighted by atomic mass is 32.2. The van der Waals surface area contributed by atoms with Crippen LogP contribution < -0.4 is 10.6 Å². The lowest BCUT2D eigenvalue weighted by molar-refractivity contribution is -0.113. The van der Waals surface area contributed by atoms with Gasteiger partial charge in [0.2, 0.25) is 5.91 Å². The molecule has 152 valence electrons. The maximum atomic E-state index is 12.3. The van der Waals surface area contributed by atoms with Crippen LogP contribution in [0.15, 0.2) is 41.6 Å². The van der Waals surface area contributed by atoms with Crippen molar-refractivity contribution in [2.75, 3.05) is 16.4 Å². The number of anilines is 2. The van der Waals surface area contributed by atoms with E-state index in [1.165, 1.54) is 22.9 Å². The van der Waals surface area contributed by atoms with E-state index in [9.17, 15) is 4.79 Å². The molecule has 1 amide bonds. The Kier molecular flexibility index (Phi) is 6.59. The van der Waals surface area contributed by atoms with Gasteiger partial charge in [-0.1, -0.05) is 36.0 Å². The van der Waals surface area contributed by atoms with Crippen molar-refractivity contribution in [3.8, 4) is 0 Å². The van der Waals surface area contributed by atoms with E-state index >= 15 is 0 Å². The number of para-hydroxylation sites is 1. The van der Waals surface area contributed by atoms with Crippen LogP contribution in [0.2, 0.25) is 0 Å². The van der Waals surface area contributed by atoms with Crippen molar-refractivity contribution < 1.29 is 4.79 Å². The number of hydrogen-bond acceptors (Lipinski definition) is 5. The van der Waals surface area contributed by atoms with E-state index in [1.807, 2.05) is 37.6 Å². The van der Waals surface area contributed by atoms with E-state index < -0.39 is 0 Å². The summed E-state index contributed by atoms with van der Waals surface area (Å²) < 4.78 is 1.93. The fourth-order valence-corrected chi connectivity index (χ4v) is 3.99. The molecule has 0 aliphatic rings. The number of nitrogens with zero attached hydrogens (tertiary/aromatic N) is 3. The highest BCUT2D eigenvalue weighted by molar-refractivity contribution is 7.99. The van der Waals surface area contributed by atoms with Gasteiger partial charge in [0.15, 0.2) is 11.0 Å². The lowest BCUT2D eigenvalue weighted by atomic mass is 10.1. The molecule has 3 rings (SSSR count). The summed E-state index contributed by atoms with van der Waals surface area (Å²) in [4.78, 5) is 12.3. The molecule has 0 fully saturated rings. The molecule has 6 nitrogen and oxygen atoms in total. The first-order chi connectivity index (χ1) is 13.8. The van der Waals surface area contributed by atoms with Crippen LogP contribution in [-0.2, 0) is 18.4 Å². The Labute approximate surface area is 176 Å². The maximum absolute atomic E-state index is 12.3. The molecule has 2 N–H and O–H groups in total. The number of carbonyl (C=O) groups excluding carboxylic acids is 1. The van der Waals surface area contributed by atoms with Gasteiger partial charge in [-0.05, 0) is 62.1 Å². The molecule has 1 heterocycles. The number of thioether (sulfide) groups is 1. The highest BCUT2D eigenvalue weighted by Crippen LogP contribution is 2.21. The van der Waals surface area contributed by atoms with Crippen LogP contribution >= 0.6 is 11.8 Å². The van der Waals surface area contributed by atoms with E-state index in [1.54, 1.807) is 0 Å². The Morgan fingerprint density at radius 3 is 2.34 bits per heavy atom. The van der Waals surface area contributed by atoms with Crippen molar-refractivity contribution in [3.05, 3.63) is 64.5 Å². The number of aryl methyl sites for hydroxylation is 4. The Morgan fingerprint density at radius 2 is 1.69 bits per heavy atom. The van der Waals surface area contributed by atoms with Crippen LogP contribution in [0.3, 0.4) is 0 Å². The van der Waals surface area contributed by atoms with Gasteiger partial charge in [0, 0.05) is 18.4 Å². The van der Waals surface area contributed by atoms with E-state index in [2.05, 4.69) is 58.9 Å². The minimum absolute atomic E-state index is 0.0572. The average molecular weight is 410 g/mol. The third-order valence-corrected chi connectivity index (χ3v) is 5.69. The van der Waals surface area contributed by atoms with Gasteiger partial charge in [-0.3, -0.25) is 4.79 Å². The first-order valence-electron chi connectivity index (χ1n) is 9.53. The first-order valence-corrected chi connectivity index (χ1v) is 10.5. The van der Waals surface area contributed by atoms with Gasteiger partial charge in [-0.2, -0.15) is 0 Å². The van der Waals surface area contributed by atoms with Gasteiger partial charge in [-0.25, -0.2) is 0 Å². The molecule has 0 unspecified atom stereocenters. The van der Waals surface area contributed by atoms with Gasteiger partial charge in [0.1, 0.15) is 0 Å². The summed E-state index contributed by atoms with van der Waals surface area (Å²) in [5, 5.41) is 15.6. The van der Waals surface area contributed by atoms with Crippen LogP contribution in [-0.4, -0.2) is 26.4 Å². The fourth-order valence-electron chi connectivity index (χ4n) is 3.26. The largest absolute Gasteiger partial charge is 0.377 e. The lowest BCUT2D eigenvalue weighted by Crippen LogP contribution is -2.15. The quantitative estimate of drug-likeness (QED) is 0.566. The Hall–Kier alpha value is -2.80. The van der Waals surface area contributed by atoms with Crippen LogP contribution in [0.25, 0.3) is 0 Å². The molecule has 0 radical (unpaired) electrons. The summed E-state index contributed by atoms with van der Waals surface area (Å²) in [7, 11) is 1.92. The molecule has 0 spiro atoms. The Bertz CT molecular complexity index is 988. The average Bonchev–Trinajstić information content (AvgIpc) is 2.98. The third kappa shape index (κ3) is 5.38. The molecule has 0 saturated heterocycles. The van der Waals surface area contributed by atoms with E-state index in [0.29, 0.717) is 6.54 Å². The number of carbonyl (C=O) groups is 1. The summed E-state index contributed by atoms with van der Waals surface area (Å²) in [6, 6.07) is 12.2. The zero-order chi connectivity index (χ0) is 21.0. The zero-order valence-electron chi connectivity index (χ0n) is 17.5. The predicted octanol–water partition coefficient (Wildman–Crippen LogP) is 4.39. The SMILES string of the molecule is Cc1cc(C)cc(NC(=O)CSc2nnc(CNc3c(C)cccc3C)n2C)c1. The van der Waals surface area contributed by atoms with Crippen LogP contribution in [0.4, 0.5) is 11.4 Å². The topological polar surface area (TPSA) is 71.8 Å². The zero-order valence-corrected chi connectivity index (χ0v) is 18.4. The molecule has 0 aliphatic carbocycles. The second kappa shape index (κ2) is 9.13. The summed E-state index contributed by atoms with van der Waals surface area (Å²) in [6.45, 7) is 8.78. The second-order valence-electron chi connectivity index (χ2n) is 7.29. The smallest absolute Gasteiger partial charge is 0.234 e. The van der Waals surface area contributed by atoms with Crippen LogP contribution in [0.1, 0.15) is 28.1 Å². The standard InChI is InChI=1S/C22H27N5OS/c1-14-9-15(2)11-18(10-14)24-20(28)13-29-22-26-25-19(27(22)5)12-23-21-16(3)7-6-8-17(21)4/h6-11,23H,12-13H2,1-5H3,(H,24,28). The summed E-state index contributed by atoms with van der Waals surface area (Å²) in [5.41, 5.74) is 6.60. The predicted molar refractivity (Wildman–Crippen MR) is 120 cm³/mol. The van der Waals surface area contributed by atoms with E-state index in [0.717, 1.165) is 33.5 Å². The number of hydrogen-bond donors (Lipinski definition) is 2. The van der Waals surface area contributed by atoms with Crippen molar-refractivity contribution in [3.63, 3.8) is 0 Å². The van der Waals surface area contributed by atoms with E-state index in [4.69, 9.17) is 0 Å². The lowest BCUT2D eigenvalue weighted by Gasteiger charge is -2.12. The number of benzene rings is 2. The normalized spacial score (nSPS) is 10.8. The molecule has 0 saturated carbocycles. The molecule has 1 aromatic heterocycles. The van der Waals surface area contributed by atoms with Crippen molar-refractivity contribution in [2.45, 2.75) is 39.4 Å². The molecule has 7 heteroatoms. The molecule has 0 atom stereocenters. The van der Waals surface area contributed by atoms with Crippen molar-refractivity contribution in [1.29, 1.82) is 0 Å². The van der Waals surface area contributed by atoms with Crippen LogP contribution in [0, 0.1) is 27.7 Å². The molecule has 0 bridgehead atoms. The highest BCUT2D eigenvalue weighted by Gasteiger charge is 2.12. The summed E-state index contributed by atoms with van der Waals surface area (Å²) in [5.74, 6) is 1.05. The van der Waals surface area contributed by atoms with Gasteiger partial charge in [0.05, 0.1) is 12.3 Å². The first kappa shape index (κ1) is 20.9. The molecular formula is C22H27N5OS. The minimum atomic E-state index is -0.0572. The summed E-state index contributed by atoms with van der Waals surface area (Å²) >= 11 is 1.38. The van der Waals surface area contributed by atoms with Crippen molar-refractivity contribution in [2.24, 2.45) is 7.05 Å². The molecule has 0 aliphatic heterocycles. The summed E-state index contributed by atoms with van der Waals surface area (Å²) in [6.07, 6.45) is 0. The Balaban J connectivity index is 1.57. The monoisotopic (exact) mass is 409 g/mol. The molecule has 29 heavy (non-hydrogen) atoms. The number of amides is 1. The Morgan fingerprint density at radius 1 is 1.03 bits per heavy atom. The minimum Gasteiger partial charge on any atom is -0.377 e. The molecule has 3 aromatic rings. The number of rotatable bonds is 7. The van der Waals surface area contributed by atoms with Gasteiger partial charge in [-0.15, -0.1) is 10.2 Å². The maximum Gasteiger partial charge on any atom is 0.234 e. The molecular weight excluding hydrogens is 382 g/mol. The van der Waals surface area contributed by atoms with E-state index in [-0.39, 0.29) is 11.7 Å². The fraction of sp³-hybridized carbons (Fsp3) is 0.318. The number of aromatic nitrogens is 3. The van der Waals surface area contributed by atoms with Gasteiger partial charge < -0.3 is 15.2 Å². The third-order valence-electron chi connectivity index (χ3n) is 4.67. The molecule has 2 aromatic carbocycles. The van der Waals surface area contributed by atoms with Crippen molar-refractivity contribution >= 4 is 29.0 Å². The van der Waals surface area contributed by atoms with Gasteiger partial charge >= 0.3 is 0 Å². The van der Waals surface area contributed by atoms with Gasteiger partial charge in [0.25, 0.3) is 0 Å².